The first-order chi connectivity index (χ1) is 13.3. The number of piperidine rings is 1. The van der Waals surface area contributed by atoms with E-state index in [2.05, 4.69) is 17.1 Å². The molecule has 1 atom stereocenters. The van der Waals surface area contributed by atoms with E-state index in [0.29, 0.717) is 18.9 Å². The van der Waals surface area contributed by atoms with Crippen LogP contribution in [0.3, 0.4) is 0 Å². The van der Waals surface area contributed by atoms with Gasteiger partial charge in [0, 0.05) is 43.0 Å². The van der Waals surface area contributed by atoms with E-state index >= 15 is 0 Å². The van der Waals surface area contributed by atoms with Gasteiger partial charge < -0.3 is 19.9 Å². The fourth-order valence-corrected chi connectivity index (χ4v) is 3.62. The molecule has 0 spiro atoms. The van der Waals surface area contributed by atoms with Crippen LogP contribution in [0.5, 0.6) is 0 Å². The van der Waals surface area contributed by atoms with Crippen LogP contribution in [0.15, 0.2) is 24.3 Å². The van der Waals surface area contributed by atoms with E-state index in [9.17, 15) is 22.8 Å². The van der Waals surface area contributed by atoms with Gasteiger partial charge in [-0.2, -0.15) is 13.2 Å². The molecule has 0 saturated carbocycles. The Bertz CT molecular complexity index is 701. The Balaban J connectivity index is 1.52. The zero-order chi connectivity index (χ0) is 20.3. The number of benzene rings is 1. The number of amides is 2. The maximum absolute atomic E-state index is 12.5. The number of nitrogens with zero attached hydrogens (tertiary/aromatic N) is 2. The van der Waals surface area contributed by atoms with E-state index < -0.39 is 18.0 Å². The first-order valence-electron chi connectivity index (χ1n) is 9.37. The Hall–Kier alpha value is -2.29. The highest BCUT2D eigenvalue weighted by atomic mass is 19.4. The highest BCUT2D eigenvalue weighted by molar-refractivity contribution is 5.93. The van der Waals surface area contributed by atoms with Gasteiger partial charge in [0.2, 0.25) is 5.91 Å². The summed E-state index contributed by atoms with van der Waals surface area (Å²) in [5.74, 6) is -2.47. The number of morpholine rings is 1. The van der Waals surface area contributed by atoms with Crippen LogP contribution >= 0.6 is 0 Å². The number of halogens is 3. The lowest BCUT2D eigenvalue weighted by atomic mass is 9.95. The zero-order valence-electron chi connectivity index (χ0n) is 15.7. The monoisotopic (exact) mass is 399 g/mol. The second-order valence-corrected chi connectivity index (χ2v) is 7.22. The number of nitrogens with one attached hydrogen (secondary N) is 1. The predicted molar refractivity (Wildman–Crippen MR) is 98.1 cm³/mol. The van der Waals surface area contributed by atoms with Crippen molar-refractivity contribution in [2.45, 2.75) is 32.0 Å². The van der Waals surface area contributed by atoms with Crippen molar-refractivity contribution in [1.82, 2.24) is 4.90 Å². The SMILES string of the molecule is CC1COCCN1c1ccc(NC(=O)C2CCN(C(=O)C(F)(F)F)CC2)cc1. The fourth-order valence-electron chi connectivity index (χ4n) is 3.62. The number of alkyl halides is 3. The maximum atomic E-state index is 12.5. The Morgan fingerprint density at radius 2 is 1.75 bits per heavy atom. The van der Waals surface area contributed by atoms with Gasteiger partial charge in [-0.25, -0.2) is 0 Å². The summed E-state index contributed by atoms with van der Waals surface area (Å²) in [4.78, 5) is 26.7. The zero-order valence-corrected chi connectivity index (χ0v) is 15.7. The van der Waals surface area contributed by atoms with Gasteiger partial charge in [-0.15, -0.1) is 0 Å². The minimum absolute atomic E-state index is 0.0652. The molecule has 2 saturated heterocycles. The van der Waals surface area contributed by atoms with Crippen LogP contribution in [0.1, 0.15) is 19.8 Å². The summed E-state index contributed by atoms with van der Waals surface area (Å²) in [5.41, 5.74) is 1.69. The molecule has 2 heterocycles. The number of ether oxygens (including phenoxy) is 1. The molecule has 1 aromatic carbocycles. The standard InChI is InChI=1S/C19H24F3N3O3/c1-13-12-28-11-10-25(13)16-4-2-15(3-5-16)23-17(26)14-6-8-24(9-7-14)18(27)19(20,21)22/h2-5,13-14H,6-12H2,1H3,(H,23,26). The van der Waals surface area contributed by atoms with Crippen molar-refractivity contribution in [3.05, 3.63) is 24.3 Å². The number of anilines is 2. The molecule has 2 aliphatic rings. The average molecular weight is 399 g/mol. The first-order valence-corrected chi connectivity index (χ1v) is 9.37. The Morgan fingerprint density at radius 1 is 1.11 bits per heavy atom. The van der Waals surface area contributed by atoms with Crippen LogP contribution in [0.2, 0.25) is 0 Å². The summed E-state index contributed by atoms with van der Waals surface area (Å²) >= 11 is 0. The average Bonchev–Trinajstić information content (AvgIpc) is 2.68. The van der Waals surface area contributed by atoms with Crippen LogP contribution in [0.25, 0.3) is 0 Å². The van der Waals surface area contributed by atoms with Crippen molar-refractivity contribution in [3.63, 3.8) is 0 Å². The highest BCUT2D eigenvalue weighted by Crippen LogP contribution is 2.26. The van der Waals surface area contributed by atoms with E-state index in [1.165, 1.54) is 0 Å². The van der Waals surface area contributed by atoms with Gasteiger partial charge in [-0.1, -0.05) is 0 Å². The van der Waals surface area contributed by atoms with Crippen molar-refractivity contribution >= 4 is 23.2 Å². The largest absolute Gasteiger partial charge is 0.471 e. The van der Waals surface area contributed by atoms with E-state index in [4.69, 9.17) is 4.74 Å². The lowest BCUT2D eigenvalue weighted by molar-refractivity contribution is -0.186. The molecule has 0 radical (unpaired) electrons. The number of carbonyl (C=O) groups excluding carboxylic acids is 2. The van der Waals surface area contributed by atoms with Crippen molar-refractivity contribution in [2.75, 3.05) is 43.1 Å². The second kappa shape index (κ2) is 8.38. The molecule has 0 aliphatic carbocycles. The normalized spacial score (nSPS) is 21.5. The second-order valence-electron chi connectivity index (χ2n) is 7.22. The van der Waals surface area contributed by atoms with Gasteiger partial charge in [0.05, 0.1) is 13.2 Å². The summed E-state index contributed by atoms with van der Waals surface area (Å²) in [6, 6.07) is 7.78. The third-order valence-corrected chi connectivity index (χ3v) is 5.23. The first kappa shape index (κ1) is 20.4. The van der Waals surface area contributed by atoms with Gasteiger partial charge in [0.25, 0.3) is 0 Å². The molecular formula is C19H24F3N3O3. The number of carbonyl (C=O) groups is 2. The van der Waals surface area contributed by atoms with E-state index in [-0.39, 0.29) is 37.9 Å². The van der Waals surface area contributed by atoms with E-state index in [1.54, 1.807) is 0 Å². The molecule has 3 rings (SSSR count). The molecule has 0 bridgehead atoms. The molecular weight excluding hydrogens is 375 g/mol. The van der Waals surface area contributed by atoms with Gasteiger partial charge in [-0.05, 0) is 44.0 Å². The summed E-state index contributed by atoms with van der Waals surface area (Å²) in [6.07, 6.45) is -4.43. The van der Waals surface area contributed by atoms with Gasteiger partial charge in [0.1, 0.15) is 0 Å². The molecule has 1 unspecified atom stereocenters. The molecule has 2 aliphatic heterocycles. The predicted octanol–water partition coefficient (Wildman–Crippen LogP) is 2.65. The summed E-state index contributed by atoms with van der Waals surface area (Å²) < 4.78 is 42.9. The molecule has 2 fully saturated rings. The summed E-state index contributed by atoms with van der Waals surface area (Å²) in [6.45, 7) is 4.12. The molecule has 1 N–H and O–H groups in total. The van der Waals surface area contributed by atoms with Crippen LogP contribution < -0.4 is 10.2 Å². The number of likely N-dealkylation sites (tertiary alicyclic amines) is 1. The third-order valence-electron chi connectivity index (χ3n) is 5.23. The number of hydrogen-bond acceptors (Lipinski definition) is 4. The topological polar surface area (TPSA) is 61.9 Å². The maximum Gasteiger partial charge on any atom is 0.471 e. The Labute approximate surface area is 161 Å². The Morgan fingerprint density at radius 3 is 2.32 bits per heavy atom. The van der Waals surface area contributed by atoms with Crippen molar-refractivity contribution in [3.8, 4) is 0 Å². The van der Waals surface area contributed by atoms with Crippen molar-refractivity contribution in [2.24, 2.45) is 5.92 Å². The molecule has 9 heteroatoms. The molecule has 6 nitrogen and oxygen atoms in total. The van der Waals surface area contributed by atoms with E-state index in [0.717, 1.165) is 17.1 Å². The minimum Gasteiger partial charge on any atom is -0.377 e. The quantitative estimate of drug-likeness (QED) is 0.849. The smallest absolute Gasteiger partial charge is 0.377 e. The highest BCUT2D eigenvalue weighted by Gasteiger charge is 2.43. The fraction of sp³-hybridized carbons (Fsp3) is 0.579. The van der Waals surface area contributed by atoms with Crippen LogP contribution in [-0.2, 0) is 14.3 Å². The molecule has 1 aromatic rings. The molecule has 2 amide bonds. The lowest BCUT2D eigenvalue weighted by Gasteiger charge is -2.35. The minimum atomic E-state index is -4.87. The number of rotatable bonds is 3. The summed E-state index contributed by atoms with van der Waals surface area (Å²) in [5, 5.41) is 2.82. The molecule has 0 aromatic heterocycles. The lowest BCUT2D eigenvalue weighted by Crippen LogP contribution is -2.46. The number of hydrogen-bond donors (Lipinski definition) is 1. The molecule has 154 valence electrons. The third kappa shape index (κ3) is 4.76. The van der Waals surface area contributed by atoms with Crippen LogP contribution in [0.4, 0.5) is 24.5 Å². The van der Waals surface area contributed by atoms with Crippen LogP contribution in [0, 0.1) is 5.92 Å². The van der Waals surface area contributed by atoms with E-state index in [1.807, 2.05) is 24.3 Å². The van der Waals surface area contributed by atoms with Crippen molar-refractivity contribution in [1.29, 1.82) is 0 Å². The summed E-state index contributed by atoms with van der Waals surface area (Å²) in [7, 11) is 0. The van der Waals surface area contributed by atoms with Gasteiger partial charge in [0.15, 0.2) is 0 Å². The van der Waals surface area contributed by atoms with Gasteiger partial charge in [-0.3, -0.25) is 9.59 Å². The van der Waals surface area contributed by atoms with Crippen LogP contribution in [-0.4, -0.2) is 61.8 Å². The van der Waals surface area contributed by atoms with Gasteiger partial charge >= 0.3 is 12.1 Å². The molecule has 28 heavy (non-hydrogen) atoms. The Kier molecular flexibility index (Phi) is 6.12. The van der Waals surface area contributed by atoms with Crippen molar-refractivity contribution < 1.29 is 27.5 Å².